The van der Waals surface area contributed by atoms with Gasteiger partial charge in [0.1, 0.15) is 23.9 Å². The van der Waals surface area contributed by atoms with Crippen LogP contribution in [0.2, 0.25) is 0 Å². The molecule has 0 fully saturated rings. The molecule has 0 N–H and O–H groups in total. The van der Waals surface area contributed by atoms with Crippen LogP contribution in [0.1, 0.15) is 28.3 Å². The largest absolute Gasteiger partial charge is 0.497 e. The lowest BCUT2D eigenvalue weighted by atomic mass is 9.77. The van der Waals surface area contributed by atoms with Crippen molar-refractivity contribution < 1.29 is 13.9 Å². The normalized spacial score (nSPS) is 17.4. The molecular formula is C25H24FNO2. The molecule has 3 aromatic carbocycles. The zero-order valence-corrected chi connectivity index (χ0v) is 16.7. The first-order chi connectivity index (χ1) is 14.1. The third-order valence-corrected chi connectivity index (χ3v) is 6.18. The Balaban J connectivity index is 1.59. The van der Waals surface area contributed by atoms with E-state index >= 15 is 0 Å². The van der Waals surface area contributed by atoms with Crippen molar-refractivity contribution in [3.05, 3.63) is 82.7 Å². The number of methoxy groups -OCH3 is 1. The highest BCUT2D eigenvalue weighted by Crippen LogP contribution is 2.49. The average molecular weight is 389 g/mol. The van der Waals surface area contributed by atoms with Crippen molar-refractivity contribution in [3.63, 3.8) is 0 Å². The topological polar surface area (TPSA) is 21.7 Å². The summed E-state index contributed by atoms with van der Waals surface area (Å²) in [5, 5.41) is 0. The molecule has 148 valence electrons. The van der Waals surface area contributed by atoms with Gasteiger partial charge in [0.15, 0.2) is 0 Å². The molecule has 29 heavy (non-hydrogen) atoms. The molecule has 1 atom stereocenters. The zero-order valence-electron chi connectivity index (χ0n) is 16.7. The van der Waals surface area contributed by atoms with Gasteiger partial charge in [-0.15, -0.1) is 0 Å². The van der Waals surface area contributed by atoms with E-state index < -0.39 is 0 Å². The average Bonchev–Trinajstić information content (AvgIpc) is 2.75. The van der Waals surface area contributed by atoms with E-state index in [4.69, 9.17) is 9.47 Å². The standard InChI is InChI=1S/C25H24FNO2/c1-27-11-10-18-12-20(28-2)14-21-24(18)22(27)13-17-4-3-5-23(25(17)21)29-15-16-6-8-19(26)9-7-16/h3-9,12,14,22H,10-11,13,15H2,1-2H3/t22-/m1/s1. The van der Waals surface area contributed by atoms with Gasteiger partial charge in [0.25, 0.3) is 0 Å². The lowest BCUT2D eigenvalue weighted by Gasteiger charge is -2.40. The van der Waals surface area contributed by atoms with Gasteiger partial charge in [0, 0.05) is 18.2 Å². The van der Waals surface area contributed by atoms with E-state index in [9.17, 15) is 4.39 Å². The van der Waals surface area contributed by atoms with Crippen LogP contribution in [0.15, 0.2) is 54.6 Å². The molecule has 0 spiro atoms. The Morgan fingerprint density at radius 1 is 1.07 bits per heavy atom. The zero-order chi connectivity index (χ0) is 20.0. The fraction of sp³-hybridized carbons (Fsp3) is 0.280. The number of ether oxygens (including phenoxy) is 2. The molecule has 0 saturated heterocycles. The molecule has 3 aromatic rings. The minimum absolute atomic E-state index is 0.232. The van der Waals surface area contributed by atoms with Crippen molar-refractivity contribution in [2.75, 3.05) is 20.7 Å². The van der Waals surface area contributed by atoms with Crippen LogP contribution in [0.3, 0.4) is 0 Å². The summed E-state index contributed by atoms with van der Waals surface area (Å²) in [6, 6.07) is 17.5. The molecule has 3 nitrogen and oxygen atoms in total. The van der Waals surface area contributed by atoms with Crippen molar-refractivity contribution in [1.29, 1.82) is 0 Å². The molecule has 0 amide bonds. The molecule has 0 aromatic heterocycles. The van der Waals surface area contributed by atoms with Gasteiger partial charge in [0.2, 0.25) is 0 Å². The van der Waals surface area contributed by atoms with Gasteiger partial charge in [-0.05, 0) is 78.0 Å². The highest BCUT2D eigenvalue weighted by Gasteiger charge is 2.34. The van der Waals surface area contributed by atoms with Crippen LogP contribution < -0.4 is 9.47 Å². The number of fused-ring (bicyclic) bond motifs is 2. The first-order valence-corrected chi connectivity index (χ1v) is 10.0. The Labute approximate surface area is 170 Å². The van der Waals surface area contributed by atoms with Gasteiger partial charge >= 0.3 is 0 Å². The third kappa shape index (κ3) is 3.18. The van der Waals surface area contributed by atoms with E-state index in [1.165, 1.54) is 34.4 Å². The Kier molecular flexibility index (Phi) is 4.51. The molecule has 0 unspecified atom stereocenters. The van der Waals surface area contributed by atoms with Gasteiger partial charge in [-0.25, -0.2) is 4.39 Å². The quantitative estimate of drug-likeness (QED) is 0.615. The highest BCUT2D eigenvalue weighted by molar-refractivity contribution is 5.81. The van der Waals surface area contributed by atoms with Crippen LogP contribution in [0, 0.1) is 5.82 Å². The van der Waals surface area contributed by atoms with E-state index in [2.05, 4.69) is 36.2 Å². The lowest BCUT2D eigenvalue weighted by molar-refractivity contribution is 0.227. The van der Waals surface area contributed by atoms with Crippen molar-refractivity contribution >= 4 is 0 Å². The van der Waals surface area contributed by atoms with Crippen molar-refractivity contribution in [2.45, 2.75) is 25.5 Å². The summed E-state index contributed by atoms with van der Waals surface area (Å²) in [4.78, 5) is 2.45. The number of nitrogens with zero attached hydrogens (tertiary/aromatic N) is 1. The van der Waals surface area contributed by atoms with Crippen LogP contribution in [0.25, 0.3) is 11.1 Å². The summed E-state index contributed by atoms with van der Waals surface area (Å²) < 4.78 is 25.1. The van der Waals surface area contributed by atoms with Gasteiger partial charge in [-0.1, -0.05) is 24.3 Å². The van der Waals surface area contributed by atoms with Gasteiger partial charge in [-0.3, -0.25) is 4.90 Å². The Morgan fingerprint density at radius 2 is 1.90 bits per heavy atom. The summed E-state index contributed by atoms with van der Waals surface area (Å²) >= 11 is 0. The van der Waals surface area contributed by atoms with Crippen LogP contribution >= 0.6 is 0 Å². The number of hydrogen-bond donors (Lipinski definition) is 0. The molecule has 1 heterocycles. The second-order valence-electron chi connectivity index (χ2n) is 7.90. The molecule has 0 saturated carbocycles. The molecule has 5 rings (SSSR count). The van der Waals surface area contributed by atoms with Crippen molar-refractivity contribution in [3.8, 4) is 22.6 Å². The Morgan fingerprint density at radius 3 is 2.69 bits per heavy atom. The summed E-state index contributed by atoms with van der Waals surface area (Å²) in [6.07, 6.45) is 2.01. The summed E-state index contributed by atoms with van der Waals surface area (Å²) in [6.45, 7) is 1.46. The monoisotopic (exact) mass is 389 g/mol. The molecule has 1 aliphatic heterocycles. The van der Waals surface area contributed by atoms with Crippen LogP contribution in [0.5, 0.6) is 11.5 Å². The number of likely N-dealkylation sites (N-methyl/N-ethyl adjacent to an activating group) is 1. The van der Waals surface area contributed by atoms with E-state index in [0.717, 1.165) is 42.0 Å². The van der Waals surface area contributed by atoms with Crippen LogP contribution in [0.4, 0.5) is 4.39 Å². The SMILES string of the molecule is COc1cc2c3c(c1)-c1c(cccc1OCc1ccc(F)cc1)C[C@H]3N(C)CC2. The number of halogens is 1. The van der Waals surface area contributed by atoms with Gasteiger partial charge in [-0.2, -0.15) is 0 Å². The fourth-order valence-corrected chi connectivity index (χ4v) is 4.66. The second-order valence-corrected chi connectivity index (χ2v) is 7.90. The van der Waals surface area contributed by atoms with Crippen molar-refractivity contribution in [1.82, 2.24) is 4.90 Å². The van der Waals surface area contributed by atoms with Crippen molar-refractivity contribution in [2.24, 2.45) is 0 Å². The van der Waals surface area contributed by atoms with Crippen LogP contribution in [-0.4, -0.2) is 25.6 Å². The maximum atomic E-state index is 13.2. The van der Waals surface area contributed by atoms with Crippen LogP contribution in [-0.2, 0) is 19.4 Å². The smallest absolute Gasteiger partial charge is 0.127 e. The molecule has 2 aliphatic rings. The predicted molar refractivity (Wildman–Crippen MR) is 112 cm³/mol. The molecule has 0 bridgehead atoms. The Hall–Kier alpha value is -2.85. The number of hydrogen-bond acceptors (Lipinski definition) is 3. The highest BCUT2D eigenvalue weighted by atomic mass is 19.1. The lowest BCUT2D eigenvalue weighted by Crippen LogP contribution is -2.35. The fourth-order valence-electron chi connectivity index (χ4n) is 4.66. The summed E-state index contributed by atoms with van der Waals surface area (Å²) in [5.74, 6) is 1.53. The molecular weight excluding hydrogens is 365 g/mol. The summed E-state index contributed by atoms with van der Waals surface area (Å²) in [5.41, 5.74) is 7.41. The first-order valence-electron chi connectivity index (χ1n) is 10.0. The predicted octanol–water partition coefficient (Wildman–Crippen LogP) is 5.17. The van der Waals surface area contributed by atoms with E-state index in [1.807, 2.05) is 6.07 Å². The van der Waals surface area contributed by atoms with Gasteiger partial charge < -0.3 is 9.47 Å². The third-order valence-electron chi connectivity index (χ3n) is 6.18. The maximum absolute atomic E-state index is 13.2. The molecule has 1 aliphatic carbocycles. The van der Waals surface area contributed by atoms with E-state index in [1.54, 1.807) is 19.2 Å². The minimum atomic E-state index is -0.232. The van der Waals surface area contributed by atoms with E-state index in [0.29, 0.717) is 12.6 Å². The van der Waals surface area contributed by atoms with E-state index in [-0.39, 0.29) is 5.82 Å². The molecule has 4 heteroatoms. The number of benzene rings is 3. The first kappa shape index (κ1) is 18.2. The second kappa shape index (κ2) is 7.20. The molecule has 0 radical (unpaired) electrons. The minimum Gasteiger partial charge on any atom is -0.497 e. The van der Waals surface area contributed by atoms with Gasteiger partial charge in [0.05, 0.1) is 7.11 Å². The summed E-state index contributed by atoms with van der Waals surface area (Å²) in [7, 11) is 3.93. The Bertz CT molecular complexity index is 1060. The maximum Gasteiger partial charge on any atom is 0.127 e. The number of rotatable bonds is 4.